The first-order chi connectivity index (χ1) is 9.50. The number of amides is 1. The second-order valence-electron chi connectivity index (χ2n) is 4.78. The van der Waals surface area contributed by atoms with Gasteiger partial charge in [0, 0.05) is 26.2 Å². The molecular formula is C13H21NO6. The van der Waals surface area contributed by atoms with E-state index in [0.29, 0.717) is 26.1 Å². The molecule has 0 radical (unpaired) electrons. The molecule has 1 saturated heterocycles. The fourth-order valence-corrected chi connectivity index (χ4v) is 2.03. The van der Waals surface area contributed by atoms with Crippen molar-refractivity contribution in [1.82, 2.24) is 5.32 Å². The molecule has 0 aromatic rings. The summed E-state index contributed by atoms with van der Waals surface area (Å²) in [4.78, 5) is 34.1. The normalized spacial score (nSPS) is 17.2. The van der Waals surface area contributed by atoms with Gasteiger partial charge in [-0.25, -0.2) is 0 Å². The lowest BCUT2D eigenvalue weighted by atomic mass is 9.80. The minimum absolute atomic E-state index is 0.00283. The summed E-state index contributed by atoms with van der Waals surface area (Å²) in [6.07, 6.45) is 0.759. The topological polar surface area (TPSA) is 102 Å². The molecule has 20 heavy (non-hydrogen) atoms. The SMILES string of the molecule is CCOC(=O)CCC(=O)NCC1(C(=O)O)CCOCC1. The molecule has 114 valence electrons. The first kappa shape index (κ1) is 16.4. The molecule has 0 aromatic heterocycles. The van der Waals surface area contributed by atoms with Crippen LogP contribution in [0, 0.1) is 5.41 Å². The van der Waals surface area contributed by atoms with Gasteiger partial charge in [-0.3, -0.25) is 14.4 Å². The Morgan fingerprint density at radius 2 is 1.90 bits per heavy atom. The molecular weight excluding hydrogens is 266 g/mol. The smallest absolute Gasteiger partial charge is 0.311 e. The first-order valence-corrected chi connectivity index (χ1v) is 6.73. The molecule has 0 atom stereocenters. The number of carbonyl (C=O) groups is 3. The second-order valence-corrected chi connectivity index (χ2v) is 4.78. The van der Waals surface area contributed by atoms with Crippen molar-refractivity contribution in [2.45, 2.75) is 32.6 Å². The van der Waals surface area contributed by atoms with Crippen LogP contribution in [-0.2, 0) is 23.9 Å². The van der Waals surface area contributed by atoms with Crippen LogP contribution in [-0.4, -0.2) is 49.3 Å². The molecule has 0 aromatic carbocycles. The number of carboxylic acids is 1. The number of hydrogen-bond acceptors (Lipinski definition) is 5. The maximum atomic E-state index is 11.6. The first-order valence-electron chi connectivity index (χ1n) is 6.73. The fraction of sp³-hybridized carbons (Fsp3) is 0.769. The van der Waals surface area contributed by atoms with E-state index in [1.165, 1.54) is 0 Å². The van der Waals surface area contributed by atoms with Gasteiger partial charge in [-0.15, -0.1) is 0 Å². The highest BCUT2D eigenvalue weighted by atomic mass is 16.5. The van der Waals surface area contributed by atoms with E-state index in [4.69, 9.17) is 9.47 Å². The third-order valence-corrected chi connectivity index (χ3v) is 3.39. The molecule has 0 aliphatic carbocycles. The van der Waals surface area contributed by atoms with Gasteiger partial charge >= 0.3 is 11.9 Å². The van der Waals surface area contributed by atoms with E-state index in [0.717, 1.165) is 0 Å². The van der Waals surface area contributed by atoms with Crippen molar-refractivity contribution in [3.63, 3.8) is 0 Å². The molecule has 1 aliphatic heterocycles. The van der Waals surface area contributed by atoms with Gasteiger partial charge in [-0.05, 0) is 19.8 Å². The molecule has 0 unspecified atom stereocenters. The van der Waals surface area contributed by atoms with Crippen molar-refractivity contribution in [3.05, 3.63) is 0 Å². The van der Waals surface area contributed by atoms with Crippen LogP contribution in [0.2, 0.25) is 0 Å². The zero-order chi connectivity index (χ0) is 15.0. The molecule has 0 bridgehead atoms. The van der Waals surface area contributed by atoms with E-state index in [2.05, 4.69) is 5.32 Å². The van der Waals surface area contributed by atoms with Crippen LogP contribution >= 0.6 is 0 Å². The maximum Gasteiger partial charge on any atom is 0.311 e. The highest BCUT2D eigenvalue weighted by Crippen LogP contribution is 2.30. The Morgan fingerprint density at radius 1 is 1.25 bits per heavy atom. The van der Waals surface area contributed by atoms with Gasteiger partial charge in [-0.2, -0.15) is 0 Å². The average Bonchev–Trinajstić information content (AvgIpc) is 2.44. The van der Waals surface area contributed by atoms with E-state index in [9.17, 15) is 19.5 Å². The predicted octanol–water partition coefficient (Wildman–Crippen LogP) is 0.327. The van der Waals surface area contributed by atoms with Gasteiger partial charge in [0.05, 0.1) is 18.4 Å². The summed E-state index contributed by atoms with van der Waals surface area (Å²) >= 11 is 0. The number of nitrogens with one attached hydrogen (secondary N) is 1. The van der Waals surface area contributed by atoms with E-state index in [1.807, 2.05) is 0 Å². The molecule has 7 nitrogen and oxygen atoms in total. The minimum Gasteiger partial charge on any atom is -0.481 e. The van der Waals surface area contributed by atoms with E-state index in [1.54, 1.807) is 6.92 Å². The van der Waals surface area contributed by atoms with Gasteiger partial charge < -0.3 is 19.9 Å². The predicted molar refractivity (Wildman–Crippen MR) is 69.0 cm³/mol. The molecule has 1 amide bonds. The second kappa shape index (κ2) is 7.84. The number of aliphatic carboxylic acids is 1. The van der Waals surface area contributed by atoms with Crippen LogP contribution in [0.25, 0.3) is 0 Å². The molecule has 0 spiro atoms. The van der Waals surface area contributed by atoms with Gasteiger partial charge in [0.25, 0.3) is 0 Å². The third-order valence-electron chi connectivity index (χ3n) is 3.39. The third kappa shape index (κ3) is 4.80. The van der Waals surface area contributed by atoms with Gasteiger partial charge in [0.1, 0.15) is 0 Å². The lowest BCUT2D eigenvalue weighted by molar-refractivity contribution is -0.155. The summed E-state index contributed by atoms with van der Waals surface area (Å²) in [6.45, 7) is 2.80. The Labute approximate surface area is 117 Å². The van der Waals surface area contributed by atoms with Crippen LogP contribution < -0.4 is 5.32 Å². The molecule has 1 aliphatic rings. The van der Waals surface area contributed by atoms with Gasteiger partial charge in [0.15, 0.2) is 0 Å². The fourth-order valence-electron chi connectivity index (χ4n) is 2.03. The molecule has 2 N–H and O–H groups in total. The summed E-state index contributed by atoms with van der Waals surface area (Å²) in [5, 5.41) is 11.9. The number of ether oxygens (including phenoxy) is 2. The Morgan fingerprint density at radius 3 is 2.45 bits per heavy atom. The number of rotatable bonds is 7. The molecule has 7 heteroatoms. The summed E-state index contributed by atoms with van der Waals surface area (Å²) in [7, 11) is 0. The Balaban J connectivity index is 2.38. The monoisotopic (exact) mass is 287 g/mol. The van der Waals surface area contributed by atoms with Crippen LogP contribution in [0.3, 0.4) is 0 Å². The van der Waals surface area contributed by atoms with Crippen molar-refractivity contribution in [3.8, 4) is 0 Å². The maximum absolute atomic E-state index is 11.6. The van der Waals surface area contributed by atoms with Crippen molar-refractivity contribution in [1.29, 1.82) is 0 Å². The van der Waals surface area contributed by atoms with Gasteiger partial charge in [0.2, 0.25) is 5.91 Å². The average molecular weight is 287 g/mol. The highest BCUT2D eigenvalue weighted by molar-refractivity contribution is 5.82. The van der Waals surface area contributed by atoms with E-state index >= 15 is 0 Å². The Bertz CT molecular complexity index is 362. The van der Waals surface area contributed by atoms with Crippen molar-refractivity contribution in [2.24, 2.45) is 5.41 Å². The molecule has 1 rings (SSSR count). The van der Waals surface area contributed by atoms with Gasteiger partial charge in [-0.1, -0.05) is 0 Å². The van der Waals surface area contributed by atoms with E-state index < -0.39 is 17.4 Å². The summed E-state index contributed by atoms with van der Waals surface area (Å²) in [5.41, 5.74) is -0.960. The summed E-state index contributed by atoms with van der Waals surface area (Å²) in [5.74, 6) is -1.70. The number of hydrogen-bond donors (Lipinski definition) is 2. The Hall–Kier alpha value is -1.63. The quantitative estimate of drug-likeness (QED) is 0.654. The number of carbonyl (C=O) groups excluding carboxylic acids is 2. The van der Waals surface area contributed by atoms with E-state index in [-0.39, 0.29) is 31.9 Å². The van der Waals surface area contributed by atoms with Crippen molar-refractivity contribution >= 4 is 17.8 Å². The zero-order valence-corrected chi connectivity index (χ0v) is 11.6. The summed E-state index contributed by atoms with van der Waals surface area (Å²) < 4.78 is 9.87. The van der Waals surface area contributed by atoms with Crippen LogP contribution in [0.15, 0.2) is 0 Å². The lowest BCUT2D eigenvalue weighted by Crippen LogP contribution is -2.46. The van der Waals surface area contributed by atoms with Crippen LogP contribution in [0.5, 0.6) is 0 Å². The van der Waals surface area contributed by atoms with Crippen LogP contribution in [0.4, 0.5) is 0 Å². The Kier molecular flexibility index (Phi) is 6.44. The standard InChI is InChI=1S/C13H21NO6/c1-2-20-11(16)4-3-10(15)14-9-13(12(17)18)5-7-19-8-6-13/h2-9H2,1H3,(H,14,15)(H,17,18). The van der Waals surface area contributed by atoms with Crippen molar-refractivity contribution < 1.29 is 29.0 Å². The molecule has 0 saturated carbocycles. The largest absolute Gasteiger partial charge is 0.481 e. The zero-order valence-electron chi connectivity index (χ0n) is 11.6. The highest BCUT2D eigenvalue weighted by Gasteiger charge is 2.40. The number of esters is 1. The minimum atomic E-state index is -0.960. The summed E-state index contributed by atoms with van der Waals surface area (Å²) in [6, 6.07) is 0. The molecule has 1 heterocycles. The van der Waals surface area contributed by atoms with Crippen LogP contribution in [0.1, 0.15) is 32.6 Å². The lowest BCUT2D eigenvalue weighted by Gasteiger charge is -2.33. The van der Waals surface area contributed by atoms with Crippen molar-refractivity contribution in [2.75, 3.05) is 26.4 Å². The number of carboxylic acid groups (broad SMARTS) is 1. The molecule has 1 fully saturated rings.